The van der Waals surface area contributed by atoms with Crippen LogP contribution in [0.1, 0.15) is 65.7 Å². The summed E-state index contributed by atoms with van der Waals surface area (Å²) >= 11 is 0. The Morgan fingerprint density at radius 1 is 1.12 bits per heavy atom. The molecule has 12 atom stereocenters. The molecule has 7 nitrogen and oxygen atoms in total. The molecule has 0 aromatic heterocycles. The predicted molar refractivity (Wildman–Crippen MR) is 114 cm³/mol. The number of fused-ring (bicyclic) bond motifs is 4. The molecule has 1 spiro atoms. The van der Waals surface area contributed by atoms with Crippen LogP contribution >= 0.6 is 0 Å². The summed E-state index contributed by atoms with van der Waals surface area (Å²) < 4.78 is 24.2. The summed E-state index contributed by atoms with van der Waals surface area (Å²) in [5.74, 6) is 0.720. The molecule has 6 fully saturated rings. The van der Waals surface area contributed by atoms with E-state index in [1.54, 1.807) is 0 Å². The van der Waals surface area contributed by atoms with Gasteiger partial charge in [-0.2, -0.15) is 0 Å². The minimum Gasteiger partial charge on any atom is -0.459 e. The van der Waals surface area contributed by atoms with Crippen LogP contribution in [0.25, 0.3) is 0 Å². The van der Waals surface area contributed by atoms with Crippen molar-refractivity contribution >= 4 is 11.9 Å². The summed E-state index contributed by atoms with van der Waals surface area (Å²) in [6.45, 7) is 6.21. The first kappa shape index (κ1) is 20.9. The number of aliphatic hydroxyl groups is 1. The van der Waals surface area contributed by atoms with Crippen molar-refractivity contribution in [1.82, 2.24) is 0 Å². The highest BCUT2D eigenvalue weighted by molar-refractivity contribution is 5.84. The third kappa shape index (κ3) is 2.37. The fourth-order valence-corrected chi connectivity index (χ4v) is 9.80. The molecule has 1 N–H and O–H groups in total. The molecule has 0 radical (unpaired) electrons. The molecular weight excluding hydrogens is 424 g/mol. The smallest absolute Gasteiger partial charge is 0.332 e. The summed E-state index contributed by atoms with van der Waals surface area (Å²) in [4.78, 5) is 24.0. The minimum absolute atomic E-state index is 0.110. The van der Waals surface area contributed by atoms with Gasteiger partial charge in [0.05, 0.1) is 6.10 Å². The highest BCUT2D eigenvalue weighted by Crippen LogP contribution is 2.79. The molecule has 0 unspecified atom stereocenters. The largest absolute Gasteiger partial charge is 0.459 e. The number of epoxide rings is 2. The van der Waals surface area contributed by atoms with Gasteiger partial charge < -0.3 is 24.1 Å². The zero-order chi connectivity index (χ0) is 23.0. The van der Waals surface area contributed by atoms with E-state index in [4.69, 9.17) is 18.9 Å². The monoisotopic (exact) mass is 458 g/mol. The molecule has 7 rings (SSSR count). The van der Waals surface area contributed by atoms with Crippen LogP contribution < -0.4 is 0 Å². The molecule has 3 aliphatic heterocycles. The number of hydrogen-bond acceptors (Lipinski definition) is 7. The van der Waals surface area contributed by atoms with E-state index in [2.05, 4.69) is 13.8 Å². The first-order chi connectivity index (χ1) is 15.7. The van der Waals surface area contributed by atoms with Crippen molar-refractivity contribution < 1.29 is 33.6 Å². The second-order valence-electron chi connectivity index (χ2n) is 12.3. The van der Waals surface area contributed by atoms with E-state index in [-0.39, 0.29) is 46.5 Å². The van der Waals surface area contributed by atoms with E-state index in [0.717, 1.165) is 44.9 Å². The van der Waals surface area contributed by atoms with E-state index in [1.807, 2.05) is 6.08 Å². The van der Waals surface area contributed by atoms with Gasteiger partial charge in [-0.05, 0) is 74.2 Å². The first-order valence-electron chi connectivity index (χ1n) is 12.8. The van der Waals surface area contributed by atoms with Crippen molar-refractivity contribution in [1.29, 1.82) is 0 Å². The fraction of sp³-hybridized carbons (Fsp3) is 0.846. The Kier molecular flexibility index (Phi) is 3.93. The van der Waals surface area contributed by atoms with Crippen LogP contribution in [-0.2, 0) is 28.5 Å². The summed E-state index contributed by atoms with van der Waals surface area (Å²) in [6.07, 6.45) is 9.16. The molecule has 33 heavy (non-hydrogen) atoms. The van der Waals surface area contributed by atoms with Gasteiger partial charge in [-0.3, -0.25) is 4.79 Å². The van der Waals surface area contributed by atoms with E-state index in [0.29, 0.717) is 17.8 Å². The highest BCUT2D eigenvalue weighted by atomic mass is 16.8. The van der Waals surface area contributed by atoms with Gasteiger partial charge >= 0.3 is 11.9 Å². The van der Waals surface area contributed by atoms with Crippen LogP contribution in [0, 0.1) is 34.5 Å². The van der Waals surface area contributed by atoms with Crippen molar-refractivity contribution in [3.8, 4) is 0 Å². The van der Waals surface area contributed by atoms with Gasteiger partial charge in [0.1, 0.15) is 17.8 Å². The van der Waals surface area contributed by atoms with E-state index in [9.17, 15) is 14.7 Å². The second kappa shape index (κ2) is 6.21. The molecule has 0 aromatic carbocycles. The number of hydrogen-bond donors (Lipinski definition) is 1. The van der Waals surface area contributed by atoms with Gasteiger partial charge in [0, 0.05) is 24.3 Å². The van der Waals surface area contributed by atoms with Crippen LogP contribution in [0.15, 0.2) is 12.2 Å². The maximum absolute atomic E-state index is 12.2. The zero-order valence-electron chi connectivity index (χ0n) is 19.6. The number of aliphatic hydroxyl groups excluding tert-OH is 1. The molecule has 4 saturated carbocycles. The Bertz CT molecular complexity index is 962. The zero-order valence-corrected chi connectivity index (χ0v) is 19.6. The number of esters is 2. The Balaban J connectivity index is 1.29. The molecule has 3 heterocycles. The van der Waals surface area contributed by atoms with E-state index in [1.165, 1.54) is 13.0 Å². The topological polar surface area (TPSA) is 97.9 Å². The number of carbonyl (C=O) groups is 2. The lowest BCUT2D eigenvalue weighted by Gasteiger charge is -2.61. The van der Waals surface area contributed by atoms with Crippen LogP contribution in [0.2, 0.25) is 0 Å². The van der Waals surface area contributed by atoms with Crippen molar-refractivity contribution in [2.75, 3.05) is 0 Å². The summed E-state index contributed by atoms with van der Waals surface area (Å²) in [5.41, 5.74) is -1.07. The molecular formula is C26H34O7. The second-order valence-corrected chi connectivity index (χ2v) is 12.3. The average Bonchev–Trinajstić information content (AvgIpc) is 3.64. The normalized spacial score (nSPS) is 59.8. The van der Waals surface area contributed by atoms with Crippen LogP contribution in [-0.4, -0.2) is 52.8 Å². The Labute approximate surface area is 194 Å². The van der Waals surface area contributed by atoms with Crippen molar-refractivity contribution in [3.63, 3.8) is 0 Å². The molecule has 7 aliphatic rings. The molecule has 7 heteroatoms. The van der Waals surface area contributed by atoms with E-state index < -0.39 is 18.0 Å². The molecule has 4 aliphatic carbocycles. The third-order valence-corrected chi connectivity index (χ3v) is 11.2. The van der Waals surface area contributed by atoms with Gasteiger partial charge in [0.25, 0.3) is 0 Å². The number of rotatable bonds is 2. The summed E-state index contributed by atoms with van der Waals surface area (Å²) in [5, 5.41) is 10.3. The SMILES string of the molecule is CC(=O)O[C@@H]1[C@H]2O[C@]23[C@@H]2CC[C@@H]4C[C@@H](O)CC[C@]4(C)[C@H]2CC[C@]3(C)[C@H]1[C@@]12C=CC(=O)O[C@@H]1O2. The van der Waals surface area contributed by atoms with Crippen molar-refractivity contribution in [2.24, 2.45) is 34.5 Å². The lowest BCUT2D eigenvalue weighted by Crippen LogP contribution is -2.60. The summed E-state index contributed by atoms with van der Waals surface area (Å²) in [7, 11) is 0. The van der Waals surface area contributed by atoms with Crippen LogP contribution in [0.3, 0.4) is 0 Å². The average molecular weight is 459 g/mol. The van der Waals surface area contributed by atoms with Crippen LogP contribution in [0.4, 0.5) is 0 Å². The Hall–Kier alpha value is -1.44. The molecule has 180 valence electrons. The Morgan fingerprint density at radius 3 is 2.70 bits per heavy atom. The van der Waals surface area contributed by atoms with Gasteiger partial charge in [0.15, 0.2) is 5.60 Å². The Morgan fingerprint density at radius 2 is 1.94 bits per heavy atom. The number of ether oxygens (including phenoxy) is 4. The van der Waals surface area contributed by atoms with Gasteiger partial charge in [-0.15, -0.1) is 0 Å². The minimum atomic E-state index is -0.727. The highest BCUT2D eigenvalue weighted by Gasteiger charge is 2.89. The standard InChI is InChI=1S/C26H34O7/c1-13(27)30-19-20(25-11-8-18(29)31-22(25)33-25)24(3)10-7-16-17(26(24)21(19)32-26)5-4-14-12-15(28)6-9-23(14,16)2/h8,11,14-17,19-22,28H,4-7,9-10,12H2,1-3H3/t14-,15+,16+,17-,19+,20+,21-,22-,23+,24-,25+,26-/m1/s1. The molecule has 2 saturated heterocycles. The maximum Gasteiger partial charge on any atom is 0.332 e. The van der Waals surface area contributed by atoms with Gasteiger partial charge in [-0.25, -0.2) is 4.79 Å². The van der Waals surface area contributed by atoms with Crippen molar-refractivity contribution in [2.45, 2.75) is 102 Å². The quantitative estimate of drug-likeness (QED) is 0.502. The predicted octanol–water partition coefficient (Wildman–Crippen LogP) is 2.89. The first-order valence-corrected chi connectivity index (χ1v) is 12.8. The lowest BCUT2D eigenvalue weighted by molar-refractivity contribution is -0.172. The number of carbonyl (C=O) groups excluding carboxylic acids is 2. The van der Waals surface area contributed by atoms with Gasteiger partial charge in [0.2, 0.25) is 6.29 Å². The lowest BCUT2D eigenvalue weighted by atomic mass is 9.43. The molecule has 0 bridgehead atoms. The third-order valence-electron chi connectivity index (χ3n) is 11.2. The molecule has 0 aromatic rings. The van der Waals surface area contributed by atoms with Crippen LogP contribution in [0.5, 0.6) is 0 Å². The molecule has 0 amide bonds. The van der Waals surface area contributed by atoms with Gasteiger partial charge in [-0.1, -0.05) is 13.8 Å². The summed E-state index contributed by atoms with van der Waals surface area (Å²) in [6, 6.07) is 0. The maximum atomic E-state index is 12.2. The van der Waals surface area contributed by atoms with E-state index >= 15 is 0 Å². The van der Waals surface area contributed by atoms with Crippen molar-refractivity contribution in [3.05, 3.63) is 12.2 Å². The fourth-order valence-electron chi connectivity index (χ4n) is 9.80.